The highest BCUT2D eigenvalue weighted by Crippen LogP contribution is 1.94. The van der Waals surface area contributed by atoms with Crippen LogP contribution in [0.3, 0.4) is 0 Å². The van der Waals surface area contributed by atoms with Crippen molar-refractivity contribution in [2.24, 2.45) is 0 Å². The van der Waals surface area contributed by atoms with Crippen molar-refractivity contribution < 1.29 is 0 Å². The van der Waals surface area contributed by atoms with E-state index >= 15 is 0 Å². The van der Waals surface area contributed by atoms with Gasteiger partial charge in [0, 0.05) is 12.7 Å². The Labute approximate surface area is 85.5 Å². The first-order chi connectivity index (χ1) is 6.93. The van der Waals surface area contributed by atoms with Gasteiger partial charge in [-0.3, -0.25) is 0 Å². The van der Waals surface area contributed by atoms with E-state index in [0.717, 1.165) is 5.70 Å². The molecular weight excluding hydrogens is 170 g/mol. The van der Waals surface area contributed by atoms with Gasteiger partial charge in [0.25, 0.3) is 0 Å². The summed E-state index contributed by atoms with van der Waals surface area (Å²) in [5.74, 6) is 0. The zero-order valence-electron chi connectivity index (χ0n) is 8.35. The van der Waals surface area contributed by atoms with Crippen molar-refractivity contribution in [1.29, 1.82) is 0 Å². The molecule has 0 bridgehead atoms. The highest BCUT2D eigenvalue weighted by atomic mass is 14.8. The SMILES string of the molecule is CNC1=C\C=C/C=C\C=C/C=C\C=C1. The molecule has 0 saturated heterocycles. The van der Waals surface area contributed by atoms with Gasteiger partial charge in [-0.2, -0.15) is 0 Å². The molecule has 0 aromatic carbocycles. The summed E-state index contributed by atoms with van der Waals surface area (Å²) in [6, 6.07) is 0. The van der Waals surface area contributed by atoms with E-state index in [1.165, 1.54) is 0 Å². The van der Waals surface area contributed by atoms with Crippen molar-refractivity contribution in [2.45, 2.75) is 0 Å². The summed E-state index contributed by atoms with van der Waals surface area (Å²) in [6.45, 7) is 0. The summed E-state index contributed by atoms with van der Waals surface area (Å²) in [5, 5.41) is 3.10. The Bertz CT molecular complexity index is 325. The maximum absolute atomic E-state index is 3.10. The van der Waals surface area contributed by atoms with Crippen molar-refractivity contribution in [1.82, 2.24) is 5.32 Å². The van der Waals surface area contributed by atoms with Crippen LogP contribution in [0.2, 0.25) is 0 Å². The first-order valence-electron chi connectivity index (χ1n) is 4.66. The molecular formula is C13H15N. The molecule has 0 aromatic heterocycles. The van der Waals surface area contributed by atoms with Crippen molar-refractivity contribution in [2.75, 3.05) is 7.05 Å². The maximum atomic E-state index is 3.10. The molecule has 0 fully saturated rings. The largest absolute Gasteiger partial charge is 0.388 e. The summed E-state index contributed by atoms with van der Waals surface area (Å²) in [4.78, 5) is 0. The Balaban J connectivity index is 2.80. The third-order valence-electron chi connectivity index (χ3n) is 1.73. The predicted molar refractivity (Wildman–Crippen MR) is 62.8 cm³/mol. The fourth-order valence-electron chi connectivity index (χ4n) is 0.990. The molecule has 1 heteroatoms. The lowest BCUT2D eigenvalue weighted by Gasteiger charge is -1.96. The Morgan fingerprint density at radius 1 is 0.714 bits per heavy atom. The van der Waals surface area contributed by atoms with Crippen molar-refractivity contribution in [3.63, 3.8) is 0 Å². The molecule has 1 aliphatic carbocycles. The van der Waals surface area contributed by atoms with E-state index in [1.54, 1.807) is 0 Å². The van der Waals surface area contributed by atoms with Crippen LogP contribution >= 0.6 is 0 Å². The van der Waals surface area contributed by atoms with Gasteiger partial charge in [0.05, 0.1) is 0 Å². The summed E-state index contributed by atoms with van der Waals surface area (Å²) in [6.07, 6.45) is 22.1. The topological polar surface area (TPSA) is 12.0 Å². The minimum atomic E-state index is 1.09. The normalized spacial score (nSPS) is 25.1. The fraction of sp³-hybridized carbons (Fsp3) is 0.0769. The predicted octanol–water partition coefficient (Wildman–Crippen LogP) is 2.88. The quantitative estimate of drug-likeness (QED) is 0.662. The lowest BCUT2D eigenvalue weighted by Crippen LogP contribution is -2.01. The molecule has 0 unspecified atom stereocenters. The molecule has 1 N–H and O–H groups in total. The van der Waals surface area contributed by atoms with E-state index < -0.39 is 0 Å². The first-order valence-corrected chi connectivity index (χ1v) is 4.66. The molecule has 0 aliphatic heterocycles. The summed E-state index contributed by atoms with van der Waals surface area (Å²) >= 11 is 0. The van der Waals surface area contributed by atoms with Gasteiger partial charge in [-0.05, 0) is 12.2 Å². The van der Waals surface area contributed by atoms with Crippen LogP contribution < -0.4 is 5.32 Å². The standard InChI is InChI=1S/C13H15N/c1-14-13-11-9-7-5-3-2-4-6-8-10-12-13/h2-12,14H,1H3/b3-2-,4-2?,5-3?,6-4-,7-5-,8-6?,9-7?,10-8-,11-9?,12-10?,13-11?,13-12?. The molecule has 1 nitrogen and oxygen atoms in total. The molecule has 0 heterocycles. The smallest absolute Gasteiger partial charge is 0.0337 e. The van der Waals surface area contributed by atoms with E-state index in [4.69, 9.17) is 0 Å². The summed E-state index contributed by atoms with van der Waals surface area (Å²) in [7, 11) is 1.91. The fourth-order valence-corrected chi connectivity index (χ4v) is 0.990. The number of allylic oxidation sites excluding steroid dienone is 11. The monoisotopic (exact) mass is 185 g/mol. The van der Waals surface area contributed by atoms with Crippen LogP contribution in [-0.4, -0.2) is 7.05 Å². The summed E-state index contributed by atoms with van der Waals surface area (Å²) < 4.78 is 0. The average Bonchev–Trinajstić information content (AvgIpc) is 2.19. The van der Waals surface area contributed by atoms with E-state index in [0.29, 0.717) is 0 Å². The number of rotatable bonds is 1. The van der Waals surface area contributed by atoms with Crippen molar-refractivity contribution in [3.8, 4) is 0 Å². The second-order valence-corrected chi connectivity index (χ2v) is 2.77. The molecule has 14 heavy (non-hydrogen) atoms. The highest BCUT2D eigenvalue weighted by Gasteiger charge is 1.81. The number of nitrogens with one attached hydrogen (secondary N) is 1. The van der Waals surface area contributed by atoms with Gasteiger partial charge in [-0.15, -0.1) is 0 Å². The lowest BCUT2D eigenvalue weighted by molar-refractivity contribution is 1.03. The molecule has 0 aromatic rings. The maximum Gasteiger partial charge on any atom is 0.0337 e. The Hall–Kier alpha value is -1.76. The van der Waals surface area contributed by atoms with E-state index in [2.05, 4.69) is 5.32 Å². The number of likely N-dealkylation sites (N-methyl/N-ethyl adjacent to an activating group) is 1. The minimum Gasteiger partial charge on any atom is -0.388 e. The Kier molecular flexibility index (Phi) is 4.96. The number of hydrogen-bond acceptors (Lipinski definition) is 1. The van der Waals surface area contributed by atoms with Crippen molar-refractivity contribution >= 4 is 0 Å². The van der Waals surface area contributed by atoms with Gasteiger partial charge in [-0.25, -0.2) is 0 Å². The molecule has 1 aliphatic rings. The molecule has 1 rings (SSSR count). The van der Waals surface area contributed by atoms with Crippen LogP contribution in [0, 0.1) is 0 Å². The van der Waals surface area contributed by atoms with Crippen LogP contribution in [0.4, 0.5) is 0 Å². The lowest BCUT2D eigenvalue weighted by atomic mass is 10.3. The van der Waals surface area contributed by atoms with Crippen molar-refractivity contribution in [3.05, 3.63) is 72.5 Å². The van der Waals surface area contributed by atoms with Crippen LogP contribution in [0.5, 0.6) is 0 Å². The van der Waals surface area contributed by atoms with Crippen LogP contribution in [-0.2, 0) is 0 Å². The molecule has 0 saturated carbocycles. The van der Waals surface area contributed by atoms with E-state index in [-0.39, 0.29) is 0 Å². The highest BCUT2D eigenvalue weighted by molar-refractivity contribution is 5.28. The Morgan fingerprint density at radius 2 is 1.21 bits per heavy atom. The third kappa shape index (κ3) is 4.31. The van der Waals surface area contributed by atoms with Gasteiger partial charge in [0.1, 0.15) is 0 Å². The Morgan fingerprint density at radius 3 is 1.79 bits per heavy atom. The molecule has 0 radical (unpaired) electrons. The minimum absolute atomic E-state index is 1.09. The van der Waals surface area contributed by atoms with Gasteiger partial charge >= 0.3 is 0 Å². The van der Waals surface area contributed by atoms with Crippen LogP contribution in [0.1, 0.15) is 0 Å². The molecule has 0 amide bonds. The third-order valence-corrected chi connectivity index (χ3v) is 1.73. The zero-order valence-corrected chi connectivity index (χ0v) is 8.35. The summed E-state index contributed by atoms with van der Waals surface area (Å²) in [5.41, 5.74) is 1.09. The van der Waals surface area contributed by atoms with E-state index in [1.807, 2.05) is 73.9 Å². The van der Waals surface area contributed by atoms with Gasteiger partial charge < -0.3 is 5.32 Å². The van der Waals surface area contributed by atoms with Gasteiger partial charge in [0.2, 0.25) is 0 Å². The zero-order chi connectivity index (χ0) is 10.1. The molecule has 0 atom stereocenters. The van der Waals surface area contributed by atoms with Gasteiger partial charge in [-0.1, -0.05) is 54.7 Å². The van der Waals surface area contributed by atoms with Crippen LogP contribution in [0.25, 0.3) is 0 Å². The number of hydrogen-bond donors (Lipinski definition) is 1. The average molecular weight is 185 g/mol. The van der Waals surface area contributed by atoms with Gasteiger partial charge in [0.15, 0.2) is 0 Å². The molecule has 0 spiro atoms. The van der Waals surface area contributed by atoms with E-state index in [9.17, 15) is 0 Å². The second-order valence-electron chi connectivity index (χ2n) is 2.77. The first kappa shape index (κ1) is 10.3. The van der Waals surface area contributed by atoms with Crippen LogP contribution in [0.15, 0.2) is 72.5 Å². The molecule has 72 valence electrons. The second kappa shape index (κ2) is 6.72.